The first-order valence-corrected chi connectivity index (χ1v) is 11.5. The molecule has 0 N–H and O–H groups in total. The number of carbonyl (C=O) groups excluding carboxylic acids is 3. The summed E-state index contributed by atoms with van der Waals surface area (Å²) in [5.74, 6) is 0.339. The third-order valence-electron chi connectivity index (χ3n) is 7.72. The first kappa shape index (κ1) is 19.7. The number of amides is 3. The topological polar surface area (TPSA) is 57.7 Å². The van der Waals surface area contributed by atoms with Crippen molar-refractivity contribution in [3.05, 3.63) is 76.8 Å². The van der Waals surface area contributed by atoms with E-state index in [-0.39, 0.29) is 48.1 Å². The van der Waals surface area contributed by atoms with E-state index in [9.17, 15) is 14.4 Å². The van der Waals surface area contributed by atoms with Gasteiger partial charge in [-0.25, -0.2) is 0 Å². The lowest BCUT2D eigenvalue weighted by molar-refractivity contribution is -0.140. The molecule has 1 heterocycles. The van der Waals surface area contributed by atoms with Crippen LogP contribution in [0.4, 0.5) is 5.69 Å². The van der Waals surface area contributed by atoms with Crippen molar-refractivity contribution >= 4 is 35.0 Å². The highest BCUT2D eigenvalue weighted by molar-refractivity contribution is 6.30. The molecule has 0 spiro atoms. The Labute approximate surface area is 191 Å². The average Bonchev–Trinajstić information content (AvgIpc) is 3.58. The summed E-state index contributed by atoms with van der Waals surface area (Å²) in [7, 11) is 0. The molecule has 2 aromatic carbocycles. The number of allylic oxidation sites excluding steroid dienone is 2. The first-order valence-electron chi connectivity index (χ1n) is 11.1. The van der Waals surface area contributed by atoms with Gasteiger partial charge in [0.2, 0.25) is 11.8 Å². The highest BCUT2D eigenvalue weighted by Crippen LogP contribution is 2.65. The molecule has 6 atom stereocenters. The molecule has 3 amide bonds. The number of aryl methyl sites for hydroxylation is 1. The predicted octanol–water partition coefficient (Wildman–Crippen LogP) is 4.31. The first-order chi connectivity index (χ1) is 15.4. The normalized spacial score (nSPS) is 31.5. The number of nitrogens with zero attached hydrogens (tertiary/aromatic N) is 2. The average molecular weight is 447 g/mol. The Morgan fingerprint density at radius 3 is 2.06 bits per heavy atom. The number of likely N-dealkylation sites (tertiary alicyclic amines) is 1. The number of carbonyl (C=O) groups is 3. The van der Waals surface area contributed by atoms with Crippen molar-refractivity contribution in [3.8, 4) is 0 Å². The van der Waals surface area contributed by atoms with Gasteiger partial charge in [-0.05, 0) is 73.4 Å². The van der Waals surface area contributed by atoms with Gasteiger partial charge in [0.05, 0.1) is 11.8 Å². The van der Waals surface area contributed by atoms with Gasteiger partial charge in [0.1, 0.15) is 6.67 Å². The van der Waals surface area contributed by atoms with Crippen molar-refractivity contribution < 1.29 is 14.4 Å². The minimum Gasteiger partial charge on any atom is -0.290 e. The lowest BCUT2D eigenvalue weighted by atomic mass is 9.63. The summed E-state index contributed by atoms with van der Waals surface area (Å²) in [6.07, 6.45) is 5.44. The van der Waals surface area contributed by atoms with Gasteiger partial charge in [-0.2, -0.15) is 0 Å². The third kappa shape index (κ3) is 2.87. The maximum absolute atomic E-state index is 13.5. The Hall–Kier alpha value is -2.92. The van der Waals surface area contributed by atoms with Gasteiger partial charge < -0.3 is 0 Å². The van der Waals surface area contributed by atoms with Crippen LogP contribution >= 0.6 is 11.6 Å². The monoisotopic (exact) mass is 446 g/mol. The van der Waals surface area contributed by atoms with Gasteiger partial charge in [0, 0.05) is 16.3 Å². The molecule has 162 valence electrons. The summed E-state index contributed by atoms with van der Waals surface area (Å²) in [5.41, 5.74) is 2.17. The van der Waals surface area contributed by atoms with E-state index in [4.69, 9.17) is 11.6 Å². The molecule has 5 nitrogen and oxygen atoms in total. The number of imide groups is 1. The van der Waals surface area contributed by atoms with E-state index in [1.807, 2.05) is 31.2 Å². The second-order valence-corrected chi connectivity index (χ2v) is 9.91. The second kappa shape index (κ2) is 7.04. The van der Waals surface area contributed by atoms with E-state index in [0.717, 1.165) is 12.0 Å². The summed E-state index contributed by atoms with van der Waals surface area (Å²) in [4.78, 5) is 43.2. The minimum atomic E-state index is -0.273. The molecule has 6 unspecified atom stereocenters. The van der Waals surface area contributed by atoms with Crippen LogP contribution in [0.1, 0.15) is 22.3 Å². The molecule has 2 aromatic rings. The minimum absolute atomic E-state index is 0.0794. The van der Waals surface area contributed by atoms with Crippen LogP contribution in [0.25, 0.3) is 0 Å². The SMILES string of the molecule is Cc1ccc(N(CN2C(=O)C3C4C=CC(C5CC45)C3C2=O)C(=O)c2ccc(Cl)cc2)cc1. The van der Waals surface area contributed by atoms with Crippen molar-refractivity contribution in [1.29, 1.82) is 0 Å². The van der Waals surface area contributed by atoms with E-state index < -0.39 is 0 Å². The number of rotatable bonds is 4. The van der Waals surface area contributed by atoms with Gasteiger partial charge in [-0.3, -0.25) is 24.2 Å². The lowest BCUT2D eigenvalue weighted by Gasteiger charge is -2.37. The fourth-order valence-corrected chi connectivity index (χ4v) is 6.16. The van der Waals surface area contributed by atoms with Crippen LogP contribution < -0.4 is 4.90 Å². The van der Waals surface area contributed by atoms with Crippen molar-refractivity contribution in [1.82, 2.24) is 4.90 Å². The summed E-state index contributed by atoms with van der Waals surface area (Å²) < 4.78 is 0. The maximum atomic E-state index is 13.5. The van der Waals surface area contributed by atoms with E-state index in [2.05, 4.69) is 12.2 Å². The summed E-state index contributed by atoms with van der Waals surface area (Å²) in [6, 6.07) is 14.2. The van der Waals surface area contributed by atoms with E-state index >= 15 is 0 Å². The zero-order chi connectivity index (χ0) is 22.1. The zero-order valence-corrected chi connectivity index (χ0v) is 18.4. The molecular weight excluding hydrogens is 424 g/mol. The van der Waals surface area contributed by atoms with Crippen molar-refractivity contribution in [2.75, 3.05) is 11.6 Å². The smallest absolute Gasteiger partial charge is 0.259 e. The van der Waals surface area contributed by atoms with Crippen molar-refractivity contribution in [2.45, 2.75) is 13.3 Å². The fourth-order valence-electron chi connectivity index (χ4n) is 6.04. The van der Waals surface area contributed by atoms with Gasteiger partial charge in [-0.15, -0.1) is 0 Å². The summed E-state index contributed by atoms with van der Waals surface area (Å²) >= 11 is 6.00. The van der Waals surface area contributed by atoms with Crippen LogP contribution in [-0.2, 0) is 9.59 Å². The second-order valence-electron chi connectivity index (χ2n) is 9.48. The Kier molecular flexibility index (Phi) is 4.34. The third-order valence-corrected chi connectivity index (χ3v) is 7.97. The Morgan fingerprint density at radius 1 is 0.938 bits per heavy atom. The molecule has 32 heavy (non-hydrogen) atoms. The summed E-state index contributed by atoms with van der Waals surface area (Å²) in [5, 5.41) is 0.541. The van der Waals surface area contributed by atoms with E-state index in [0.29, 0.717) is 28.1 Å². The summed E-state index contributed by atoms with van der Waals surface area (Å²) in [6.45, 7) is 1.89. The molecule has 2 bridgehead atoms. The van der Waals surface area contributed by atoms with Crippen LogP contribution in [0.15, 0.2) is 60.7 Å². The predicted molar refractivity (Wildman–Crippen MR) is 121 cm³/mol. The molecule has 5 aliphatic rings. The molecule has 3 fully saturated rings. The fraction of sp³-hybridized carbons (Fsp3) is 0.346. The molecule has 0 radical (unpaired) electrons. The van der Waals surface area contributed by atoms with Crippen LogP contribution in [0, 0.1) is 42.4 Å². The standard InChI is InChI=1S/C26H23ClN2O3/c1-14-2-8-17(9-3-14)28(24(30)15-4-6-16(27)7-5-15)13-29-25(31)22-18-10-11-19(21-12-20(18)21)23(22)26(29)32/h2-11,18-23H,12-13H2,1H3. The Morgan fingerprint density at radius 2 is 1.50 bits per heavy atom. The zero-order valence-electron chi connectivity index (χ0n) is 17.6. The number of benzene rings is 2. The van der Waals surface area contributed by atoms with E-state index in [1.54, 1.807) is 24.3 Å². The number of hydrogen-bond donors (Lipinski definition) is 0. The molecule has 1 aliphatic heterocycles. The Bertz CT molecular complexity index is 1120. The highest BCUT2D eigenvalue weighted by atomic mass is 35.5. The van der Waals surface area contributed by atoms with Gasteiger partial charge >= 0.3 is 0 Å². The number of hydrogen-bond acceptors (Lipinski definition) is 3. The van der Waals surface area contributed by atoms with Crippen LogP contribution in [0.2, 0.25) is 5.02 Å². The molecular formula is C26H23ClN2O3. The molecule has 4 aliphatic carbocycles. The highest BCUT2D eigenvalue weighted by Gasteiger charge is 2.67. The molecule has 6 heteroatoms. The molecule has 2 saturated carbocycles. The Balaban J connectivity index is 1.33. The van der Waals surface area contributed by atoms with Gasteiger partial charge in [0.15, 0.2) is 0 Å². The molecule has 1 saturated heterocycles. The van der Waals surface area contributed by atoms with Crippen molar-refractivity contribution in [2.24, 2.45) is 35.5 Å². The number of anilines is 1. The van der Waals surface area contributed by atoms with Gasteiger partial charge in [-0.1, -0.05) is 41.4 Å². The largest absolute Gasteiger partial charge is 0.290 e. The number of halogens is 1. The van der Waals surface area contributed by atoms with Gasteiger partial charge in [0.25, 0.3) is 5.91 Å². The lowest BCUT2D eigenvalue weighted by Crippen LogP contribution is -2.45. The van der Waals surface area contributed by atoms with Crippen molar-refractivity contribution in [3.63, 3.8) is 0 Å². The van der Waals surface area contributed by atoms with Crippen LogP contribution in [-0.4, -0.2) is 29.3 Å². The molecule has 7 rings (SSSR count). The van der Waals surface area contributed by atoms with Crippen LogP contribution in [0.3, 0.4) is 0 Å². The maximum Gasteiger partial charge on any atom is 0.259 e. The van der Waals surface area contributed by atoms with E-state index in [1.165, 1.54) is 9.80 Å². The van der Waals surface area contributed by atoms with Crippen LogP contribution in [0.5, 0.6) is 0 Å². The molecule has 0 aromatic heterocycles. The quantitative estimate of drug-likeness (QED) is 0.519.